The molecule has 1 aromatic rings. The molecule has 2 rings (SSSR count). The maximum Gasteiger partial charge on any atom is 0.341 e. The lowest BCUT2D eigenvalue weighted by Gasteiger charge is -2.23. The summed E-state index contributed by atoms with van der Waals surface area (Å²) in [5, 5.41) is 3.13. The summed E-state index contributed by atoms with van der Waals surface area (Å²) in [6, 6.07) is 4.09. The van der Waals surface area contributed by atoms with Gasteiger partial charge in [0, 0.05) is 19.6 Å². The molecule has 1 aliphatic rings. The number of carbonyl (C=O) groups excluding carboxylic acids is 1. The number of benzene rings is 1. The average Bonchev–Trinajstić information content (AvgIpc) is 3.06. The molecule has 1 N–H and O–H groups in total. The van der Waals surface area contributed by atoms with Crippen LogP contribution in [0.4, 0.5) is 0 Å². The Morgan fingerprint density at radius 3 is 2.64 bits per heavy atom. The van der Waals surface area contributed by atoms with Crippen molar-refractivity contribution in [2.75, 3.05) is 34.4 Å². The van der Waals surface area contributed by atoms with Crippen LogP contribution in [0.1, 0.15) is 16.8 Å². The second-order valence-electron chi connectivity index (χ2n) is 5.02. The molecule has 1 heterocycles. The lowest BCUT2D eigenvalue weighted by atomic mass is 10.2. The maximum absolute atomic E-state index is 12.7. The number of nitrogens with one attached hydrogen (secondary N) is 1. The Morgan fingerprint density at radius 2 is 2.09 bits per heavy atom. The Labute approximate surface area is 130 Å². The minimum atomic E-state index is -3.68. The number of ether oxygens (including phenoxy) is 2. The minimum absolute atomic E-state index is 0.0445. The summed E-state index contributed by atoms with van der Waals surface area (Å²) in [4.78, 5) is 11.8. The third-order valence-electron chi connectivity index (χ3n) is 3.80. The van der Waals surface area contributed by atoms with Crippen molar-refractivity contribution < 1.29 is 22.7 Å². The van der Waals surface area contributed by atoms with Crippen LogP contribution in [0.2, 0.25) is 0 Å². The van der Waals surface area contributed by atoms with Crippen LogP contribution in [0.25, 0.3) is 0 Å². The van der Waals surface area contributed by atoms with E-state index in [4.69, 9.17) is 4.74 Å². The number of sulfonamides is 1. The fourth-order valence-corrected chi connectivity index (χ4v) is 3.84. The molecule has 1 aromatic carbocycles. The van der Waals surface area contributed by atoms with Gasteiger partial charge in [-0.05, 0) is 31.2 Å². The normalized spacial score (nSPS) is 18.5. The van der Waals surface area contributed by atoms with Gasteiger partial charge >= 0.3 is 5.97 Å². The number of methoxy groups -OCH3 is 2. The molecular weight excluding hydrogens is 308 g/mol. The summed E-state index contributed by atoms with van der Waals surface area (Å²) in [6.45, 7) is 1.41. The number of nitrogens with zero attached hydrogens (tertiary/aromatic N) is 1. The van der Waals surface area contributed by atoms with E-state index >= 15 is 0 Å². The van der Waals surface area contributed by atoms with Crippen molar-refractivity contribution in [2.45, 2.75) is 17.4 Å². The Bertz CT molecular complexity index is 653. The first kappa shape index (κ1) is 16.7. The van der Waals surface area contributed by atoms with Crippen LogP contribution in [-0.4, -0.2) is 59.1 Å². The number of carbonyl (C=O) groups is 1. The van der Waals surface area contributed by atoms with Crippen molar-refractivity contribution in [2.24, 2.45) is 0 Å². The molecular formula is C14H20N2O5S. The third-order valence-corrected chi connectivity index (χ3v) is 5.71. The quantitative estimate of drug-likeness (QED) is 0.791. The van der Waals surface area contributed by atoms with Gasteiger partial charge in [-0.25, -0.2) is 13.2 Å². The Hall–Kier alpha value is -1.64. The summed E-state index contributed by atoms with van der Waals surface area (Å²) in [5.41, 5.74) is 0.0871. The van der Waals surface area contributed by atoms with E-state index in [1.165, 1.54) is 36.7 Å². The molecule has 0 spiro atoms. The fourth-order valence-electron chi connectivity index (χ4n) is 2.43. The zero-order valence-corrected chi connectivity index (χ0v) is 13.6. The number of esters is 1. The first-order valence-electron chi connectivity index (χ1n) is 6.87. The standard InChI is InChI=1S/C14H20N2O5S/c1-16(10-6-7-15-9-10)22(18,19)11-4-5-13(20-2)12(8-11)14(17)21-3/h4-5,8,10,15H,6-7,9H2,1-3H3. The van der Waals surface area contributed by atoms with Gasteiger partial charge in [-0.1, -0.05) is 0 Å². The molecule has 0 saturated carbocycles. The van der Waals surface area contributed by atoms with Crippen LogP contribution >= 0.6 is 0 Å². The summed E-state index contributed by atoms with van der Waals surface area (Å²) in [5.74, 6) is -0.366. The van der Waals surface area contributed by atoms with Gasteiger partial charge in [-0.2, -0.15) is 4.31 Å². The third kappa shape index (κ3) is 3.08. The van der Waals surface area contributed by atoms with E-state index in [1.54, 1.807) is 7.05 Å². The van der Waals surface area contributed by atoms with Crippen LogP contribution in [0.5, 0.6) is 5.75 Å². The van der Waals surface area contributed by atoms with Crippen molar-refractivity contribution in [3.63, 3.8) is 0 Å². The van der Waals surface area contributed by atoms with Gasteiger partial charge in [0.05, 0.1) is 19.1 Å². The summed E-state index contributed by atoms with van der Waals surface area (Å²) in [6.07, 6.45) is 0.760. The predicted molar refractivity (Wildman–Crippen MR) is 80.6 cm³/mol. The molecule has 1 fully saturated rings. The Morgan fingerprint density at radius 1 is 1.36 bits per heavy atom. The predicted octanol–water partition coefficient (Wildman–Crippen LogP) is 0.464. The summed E-state index contributed by atoms with van der Waals surface area (Å²) in [7, 11) is 0.513. The highest BCUT2D eigenvalue weighted by atomic mass is 32.2. The molecule has 8 heteroatoms. The van der Waals surface area contributed by atoms with Crippen LogP contribution in [0, 0.1) is 0 Å². The molecule has 1 atom stereocenters. The molecule has 1 aliphatic heterocycles. The van der Waals surface area contributed by atoms with Crippen LogP contribution in [-0.2, 0) is 14.8 Å². The van der Waals surface area contributed by atoms with E-state index in [-0.39, 0.29) is 22.3 Å². The van der Waals surface area contributed by atoms with Gasteiger partial charge in [0.15, 0.2) is 0 Å². The van der Waals surface area contributed by atoms with Gasteiger partial charge in [-0.15, -0.1) is 0 Å². The minimum Gasteiger partial charge on any atom is -0.496 e. The maximum atomic E-state index is 12.7. The smallest absolute Gasteiger partial charge is 0.341 e. The van der Waals surface area contributed by atoms with Gasteiger partial charge in [0.25, 0.3) is 0 Å². The molecule has 7 nitrogen and oxygen atoms in total. The molecule has 1 unspecified atom stereocenters. The molecule has 0 aromatic heterocycles. The monoisotopic (exact) mass is 328 g/mol. The first-order chi connectivity index (χ1) is 10.4. The number of likely N-dealkylation sites (N-methyl/N-ethyl adjacent to an activating group) is 1. The van der Waals surface area contributed by atoms with Gasteiger partial charge in [-0.3, -0.25) is 0 Å². The zero-order valence-electron chi connectivity index (χ0n) is 12.8. The molecule has 1 saturated heterocycles. The Balaban J connectivity index is 2.40. The number of rotatable bonds is 5. The van der Waals surface area contributed by atoms with E-state index in [9.17, 15) is 13.2 Å². The highest BCUT2D eigenvalue weighted by Crippen LogP contribution is 2.26. The van der Waals surface area contributed by atoms with Crippen molar-refractivity contribution in [1.82, 2.24) is 9.62 Å². The molecule has 22 heavy (non-hydrogen) atoms. The van der Waals surface area contributed by atoms with Gasteiger partial charge < -0.3 is 14.8 Å². The second kappa shape index (κ2) is 6.64. The lowest BCUT2D eigenvalue weighted by Crippen LogP contribution is -2.38. The molecule has 122 valence electrons. The van der Waals surface area contributed by atoms with Crippen LogP contribution in [0.15, 0.2) is 23.1 Å². The average molecular weight is 328 g/mol. The molecule has 0 amide bonds. The van der Waals surface area contributed by atoms with E-state index in [0.717, 1.165) is 13.0 Å². The second-order valence-corrected chi connectivity index (χ2v) is 7.02. The van der Waals surface area contributed by atoms with E-state index in [1.807, 2.05) is 0 Å². The zero-order chi connectivity index (χ0) is 16.3. The van der Waals surface area contributed by atoms with Crippen molar-refractivity contribution in [3.05, 3.63) is 23.8 Å². The topological polar surface area (TPSA) is 84.9 Å². The molecule has 0 radical (unpaired) electrons. The van der Waals surface area contributed by atoms with Gasteiger partial charge in [0.2, 0.25) is 10.0 Å². The van der Waals surface area contributed by atoms with E-state index < -0.39 is 16.0 Å². The summed E-state index contributed by atoms with van der Waals surface area (Å²) < 4.78 is 36.5. The lowest BCUT2D eigenvalue weighted by molar-refractivity contribution is 0.0597. The van der Waals surface area contributed by atoms with Crippen molar-refractivity contribution in [1.29, 1.82) is 0 Å². The molecule has 0 aliphatic carbocycles. The Kier molecular flexibility index (Phi) is 5.05. The SMILES string of the molecule is COC(=O)c1cc(S(=O)(=O)N(C)C2CCNC2)ccc1OC. The molecule has 0 bridgehead atoms. The number of hydrogen-bond donors (Lipinski definition) is 1. The summed E-state index contributed by atoms with van der Waals surface area (Å²) >= 11 is 0. The van der Waals surface area contributed by atoms with Crippen LogP contribution in [0.3, 0.4) is 0 Å². The number of hydrogen-bond acceptors (Lipinski definition) is 6. The largest absolute Gasteiger partial charge is 0.496 e. The fraction of sp³-hybridized carbons (Fsp3) is 0.500. The van der Waals surface area contributed by atoms with Crippen molar-refractivity contribution in [3.8, 4) is 5.75 Å². The highest BCUT2D eigenvalue weighted by molar-refractivity contribution is 7.89. The van der Waals surface area contributed by atoms with Crippen LogP contribution < -0.4 is 10.1 Å². The van der Waals surface area contributed by atoms with Crippen molar-refractivity contribution >= 4 is 16.0 Å². The first-order valence-corrected chi connectivity index (χ1v) is 8.31. The highest BCUT2D eigenvalue weighted by Gasteiger charge is 2.31. The van der Waals surface area contributed by atoms with E-state index in [0.29, 0.717) is 6.54 Å². The van der Waals surface area contributed by atoms with Gasteiger partial charge in [0.1, 0.15) is 11.3 Å². The van der Waals surface area contributed by atoms with E-state index in [2.05, 4.69) is 10.1 Å².